The van der Waals surface area contributed by atoms with Crippen LogP contribution in [-0.4, -0.2) is 25.2 Å². The largest absolute Gasteiger partial charge is 0.423 e. The number of benzene rings is 3. The van der Waals surface area contributed by atoms with Crippen molar-refractivity contribution < 1.29 is 17.9 Å². The zero-order valence-corrected chi connectivity index (χ0v) is 17.8. The van der Waals surface area contributed by atoms with Crippen LogP contribution in [0.25, 0.3) is 10.9 Å². The second-order valence-corrected chi connectivity index (χ2v) is 8.85. The molecular formula is C24H17N3O4S. The van der Waals surface area contributed by atoms with E-state index in [9.17, 15) is 13.2 Å². The van der Waals surface area contributed by atoms with Gasteiger partial charge in [-0.2, -0.15) is 8.42 Å². The third kappa shape index (κ3) is 3.61. The van der Waals surface area contributed by atoms with E-state index in [2.05, 4.69) is 14.7 Å². The maximum Gasteiger partial charge on any atom is 0.344 e. The van der Waals surface area contributed by atoms with Crippen molar-refractivity contribution in [1.29, 1.82) is 0 Å². The van der Waals surface area contributed by atoms with Gasteiger partial charge in [-0.3, -0.25) is 4.98 Å². The van der Waals surface area contributed by atoms with Crippen LogP contribution >= 0.6 is 0 Å². The molecule has 1 aliphatic heterocycles. The molecule has 32 heavy (non-hydrogen) atoms. The molecule has 0 amide bonds. The molecule has 0 bridgehead atoms. The Morgan fingerprint density at radius 2 is 1.66 bits per heavy atom. The minimum atomic E-state index is -3.70. The van der Waals surface area contributed by atoms with Crippen LogP contribution in [0.5, 0.6) is 5.75 Å². The number of para-hydroxylation sites is 1. The number of sulfonamides is 1. The van der Waals surface area contributed by atoms with Gasteiger partial charge in [0.15, 0.2) is 5.84 Å². The Labute approximate surface area is 184 Å². The fourth-order valence-corrected chi connectivity index (χ4v) is 4.75. The Morgan fingerprint density at radius 3 is 2.47 bits per heavy atom. The summed E-state index contributed by atoms with van der Waals surface area (Å²) >= 11 is 0. The fraction of sp³-hybridized carbons (Fsp3) is 0.0417. The summed E-state index contributed by atoms with van der Waals surface area (Å²) in [6, 6.07) is 22.4. The molecule has 1 N–H and O–H groups in total. The van der Waals surface area contributed by atoms with Gasteiger partial charge in [0.1, 0.15) is 10.6 Å². The number of nitrogens with one attached hydrogen (secondary N) is 1. The molecule has 2 heterocycles. The smallest absolute Gasteiger partial charge is 0.344 e. The van der Waals surface area contributed by atoms with Crippen LogP contribution in [0, 0.1) is 6.92 Å². The Morgan fingerprint density at radius 1 is 0.938 bits per heavy atom. The second-order valence-electron chi connectivity index (χ2n) is 7.28. The van der Waals surface area contributed by atoms with Crippen molar-refractivity contribution in [3.8, 4) is 5.75 Å². The number of esters is 1. The minimum Gasteiger partial charge on any atom is -0.423 e. The van der Waals surface area contributed by atoms with Gasteiger partial charge in [-0.05, 0) is 55.5 Å². The molecule has 1 aliphatic rings. The summed E-state index contributed by atoms with van der Waals surface area (Å²) in [5.41, 5.74) is 3.02. The van der Waals surface area contributed by atoms with Gasteiger partial charge < -0.3 is 10.1 Å². The van der Waals surface area contributed by atoms with Gasteiger partial charge >= 0.3 is 5.97 Å². The Balaban J connectivity index is 1.36. The number of rotatable bonds is 3. The normalized spacial score (nSPS) is 14.0. The van der Waals surface area contributed by atoms with Gasteiger partial charge in [-0.25, -0.2) is 4.79 Å². The van der Waals surface area contributed by atoms with E-state index in [0.29, 0.717) is 22.6 Å². The molecule has 3 aromatic carbocycles. The van der Waals surface area contributed by atoms with Crippen LogP contribution in [0.4, 0.5) is 5.69 Å². The molecule has 0 saturated heterocycles. The lowest BCUT2D eigenvalue weighted by molar-refractivity contribution is 0.0736. The Kier molecular flexibility index (Phi) is 4.71. The maximum atomic E-state index is 12.8. The van der Waals surface area contributed by atoms with Crippen LogP contribution in [0.15, 0.2) is 88.2 Å². The van der Waals surface area contributed by atoms with Crippen LogP contribution in [-0.2, 0) is 10.0 Å². The van der Waals surface area contributed by atoms with E-state index in [1.54, 1.807) is 48.5 Å². The molecule has 0 spiro atoms. The van der Waals surface area contributed by atoms with Crippen LogP contribution in [0.1, 0.15) is 21.6 Å². The number of hydrogen-bond acceptors (Lipinski definition) is 6. The molecule has 0 atom stereocenters. The minimum absolute atomic E-state index is 0.174. The number of ether oxygens (including phenoxy) is 1. The molecule has 1 aromatic heterocycles. The number of carbonyl (C=O) groups is 1. The highest BCUT2D eigenvalue weighted by Gasteiger charge is 2.28. The average Bonchev–Trinajstić information content (AvgIpc) is 3.04. The first-order valence-corrected chi connectivity index (χ1v) is 11.2. The SMILES string of the molecule is Cc1cc(C(=O)Oc2ccc(NC3=NS(=O)(=O)c4ccccc43)cc2)c2ccccc2n1. The topological polar surface area (TPSA) is 97.7 Å². The van der Waals surface area contributed by atoms with Crippen molar-refractivity contribution >= 4 is 38.4 Å². The Hall–Kier alpha value is -4.04. The summed E-state index contributed by atoms with van der Waals surface area (Å²) in [6.07, 6.45) is 0. The summed E-state index contributed by atoms with van der Waals surface area (Å²) in [6.45, 7) is 1.83. The number of nitrogens with zero attached hydrogens (tertiary/aromatic N) is 2. The Bertz CT molecular complexity index is 1510. The van der Waals surface area contributed by atoms with E-state index >= 15 is 0 Å². The summed E-state index contributed by atoms with van der Waals surface area (Å²) in [7, 11) is -3.70. The third-order valence-electron chi connectivity index (χ3n) is 5.02. The molecule has 0 fully saturated rings. The number of pyridine rings is 1. The highest BCUT2D eigenvalue weighted by atomic mass is 32.2. The summed E-state index contributed by atoms with van der Waals surface area (Å²) in [5, 5.41) is 3.74. The van der Waals surface area contributed by atoms with E-state index in [0.717, 1.165) is 16.6 Å². The summed E-state index contributed by atoms with van der Waals surface area (Å²) in [4.78, 5) is 17.4. The van der Waals surface area contributed by atoms with Gasteiger partial charge in [0, 0.05) is 22.3 Å². The zero-order valence-electron chi connectivity index (χ0n) is 16.9. The number of aryl methyl sites for hydroxylation is 1. The number of aromatic nitrogens is 1. The first kappa shape index (κ1) is 19.9. The van der Waals surface area contributed by atoms with E-state index in [-0.39, 0.29) is 10.7 Å². The van der Waals surface area contributed by atoms with E-state index in [1.807, 2.05) is 31.2 Å². The maximum absolute atomic E-state index is 12.8. The number of amidine groups is 1. The van der Waals surface area contributed by atoms with E-state index in [1.165, 1.54) is 6.07 Å². The van der Waals surface area contributed by atoms with Crippen LogP contribution in [0.2, 0.25) is 0 Å². The average molecular weight is 443 g/mol. The number of fused-ring (bicyclic) bond motifs is 2. The highest BCUT2D eigenvalue weighted by molar-refractivity contribution is 7.90. The molecule has 0 unspecified atom stereocenters. The molecule has 0 radical (unpaired) electrons. The molecule has 158 valence electrons. The molecule has 4 aromatic rings. The van der Waals surface area contributed by atoms with Crippen LogP contribution in [0.3, 0.4) is 0 Å². The molecule has 8 heteroatoms. The fourth-order valence-electron chi connectivity index (χ4n) is 3.58. The second kappa shape index (κ2) is 7.58. The molecule has 5 rings (SSSR count). The highest BCUT2D eigenvalue weighted by Crippen LogP contribution is 2.27. The first-order chi connectivity index (χ1) is 15.4. The number of hydrogen-bond donors (Lipinski definition) is 1. The van der Waals surface area contributed by atoms with Crippen LogP contribution < -0.4 is 10.1 Å². The van der Waals surface area contributed by atoms with Gasteiger partial charge in [0.05, 0.1) is 11.1 Å². The van der Waals surface area contributed by atoms with Gasteiger partial charge in [-0.15, -0.1) is 4.40 Å². The predicted octanol–water partition coefficient (Wildman–Crippen LogP) is 4.32. The number of anilines is 1. The van der Waals surface area contributed by atoms with E-state index in [4.69, 9.17) is 4.74 Å². The molecule has 0 saturated carbocycles. The summed E-state index contributed by atoms with van der Waals surface area (Å²) < 4.78 is 33.8. The van der Waals surface area contributed by atoms with E-state index < -0.39 is 16.0 Å². The van der Waals surface area contributed by atoms with Gasteiger partial charge in [0.2, 0.25) is 0 Å². The van der Waals surface area contributed by atoms with Crippen molar-refractivity contribution in [2.45, 2.75) is 11.8 Å². The van der Waals surface area contributed by atoms with Crippen molar-refractivity contribution in [2.75, 3.05) is 5.32 Å². The lowest BCUT2D eigenvalue weighted by atomic mass is 10.1. The van der Waals surface area contributed by atoms with Gasteiger partial charge in [0.25, 0.3) is 10.0 Å². The third-order valence-corrected chi connectivity index (χ3v) is 6.36. The van der Waals surface area contributed by atoms with Crippen molar-refractivity contribution in [3.63, 3.8) is 0 Å². The zero-order chi connectivity index (χ0) is 22.3. The lowest BCUT2D eigenvalue weighted by Crippen LogP contribution is -2.12. The molecular weight excluding hydrogens is 426 g/mol. The van der Waals surface area contributed by atoms with Crippen molar-refractivity contribution in [2.24, 2.45) is 4.40 Å². The number of carbonyl (C=O) groups excluding carboxylic acids is 1. The molecule has 7 nitrogen and oxygen atoms in total. The van der Waals surface area contributed by atoms with Crippen molar-refractivity contribution in [1.82, 2.24) is 4.98 Å². The standard InChI is InChI=1S/C24H17N3O4S/c1-15-14-20(18-6-2-4-8-21(18)25-15)24(28)31-17-12-10-16(11-13-17)26-23-19-7-3-5-9-22(19)32(29,30)27-23/h2-14H,1H3,(H,26,27). The quantitative estimate of drug-likeness (QED) is 0.374. The van der Waals surface area contributed by atoms with Gasteiger partial charge in [-0.1, -0.05) is 30.3 Å². The summed E-state index contributed by atoms with van der Waals surface area (Å²) in [5.74, 6) is 0.136. The predicted molar refractivity (Wildman–Crippen MR) is 122 cm³/mol. The lowest BCUT2D eigenvalue weighted by Gasteiger charge is -2.10. The monoisotopic (exact) mass is 443 g/mol. The first-order valence-electron chi connectivity index (χ1n) is 9.81. The molecule has 0 aliphatic carbocycles. The van der Waals surface area contributed by atoms with Crippen molar-refractivity contribution in [3.05, 3.63) is 95.7 Å².